The normalized spacial score (nSPS) is 15.9. The molecule has 5 amide bonds. The molecular weight excluding hydrogens is 2070 g/mol. The maximum Gasteiger partial charge on any atom is 0.421 e. The molecule has 0 bridgehead atoms. The van der Waals surface area contributed by atoms with Crippen molar-refractivity contribution in [3.8, 4) is 0 Å². The summed E-state index contributed by atoms with van der Waals surface area (Å²) in [7, 11) is 0.473. The average molecular weight is 2170 g/mol. The van der Waals surface area contributed by atoms with Gasteiger partial charge in [0.05, 0.1) is 62.1 Å². The van der Waals surface area contributed by atoms with Crippen molar-refractivity contribution in [2.75, 3.05) is 31.7 Å². The number of ether oxygens (including phenoxy) is 2. The monoisotopic (exact) mass is 2170 g/mol. The predicted molar refractivity (Wildman–Crippen MR) is 478 cm³/mol. The number of aliphatic hydroxyl groups is 1. The van der Waals surface area contributed by atoms with E-state index in [0.717, 1.165) is 89.6 Å². The number of halogens is 16. The number of ketones is 1. The Kier molecular flexibility index (Phi) is 48.5. The van der Waals surface area contributed by atoms with E-state index in [1.165, 1.54) is 91.4 Å². The predicted octanol–water partition coefficient (Wildman–Crippen LogP) is 23.7. The van der Waals surface area contributed by atoms with E-state index in [-0.39, 0.29) is 55.4 Å². The van der Waals surface area contributed by atoms with Gasteiger partial charge < -0.3 is 24.0 Å². The smallest absolute Gasteiger partial charge is 0.421 e. The number of hydrogen-bond donors (Lipinski definition) is 1. The molecular formula is C84H96F12I4N5O10PS2. The van der Waals surface area contributed by atoms with E-state index in [9.17, 15) is 91.1 Å². The SMILES string of the molecule is C=C/C(=C\C[C@H](C)C(C)=O)C(F)(F)F.C=C/C(C)=C\C[C@H](O)/C(C)=C/c1csc(C)n1.CCC(=O)N1C(=O)OC[C@H]1Cc1ccccc1.C[C@@H](C/C=C(\I)C(F)(F)F)C(=O)N(C)C.C[C@@H](C/C=C(\I)C(F)(F)F)C(=O)N1C(=O)OC[C@H]1Cc1ccccc1.Cc1nc(CP(=O)(c2ccccc2)c2ccccc2)cs1.FC(F)(F)/C(I)=C/CI. The van der Waals surface area contributed by atoms with E-state index >= 15 is 0 Å². The first-order valence-corrected chi connectivity index (χ1v) is 44.7. The van der Waals surface area contributed by atoms with E-state index in [0.29, 0.717) is 42.9 Å². The second-order valence-corrected chi connectivity index (χ2v) is 35.9. The van der Waals surface area contributed by atoms with Gasteiger partial charge in [0.15, 0.2) is 0 Å². The lowest BCUT2D eigenvalue weighted by atomic mass is 10.0. The van der Waals surface area contributed by atoms with Crippen molar-refractivity contribution in [2.24, 2.45) is 17.8 Å². The van der Waals surface area contributed by atoms with Gasteiger partial charge in [0.25, 0.3) is 0 Å². The lowest BCUT2D eigenvalue weighted by molar-refractivity contribution is -0.133. The lowest BCUT2D eigenvalue weighted by Crippen LogP contribution is -2.42. The van der Waals surface area contributed by atoms with Crippen molar-refractivity contribution in [3.63, 3.8) is 0 Å². The zero-order chi connectivity index (χ0) is 89.5. The number of aromatic nitrogens is 2. The number of carbonyl (C=O) groups is 6. The van der Waals surface area contributed by atoms with Gasteiger partial charge in [-0.3, -0.25) is 19.2 Å². The molecule has 0 unspecified atom stereocenters. The van der Waals surface area contributed by atoms with Gasteiger partial charge >= 0.3 is 36.9 Å². The summed E-state index contributed by atoms with van der Waals surface area (Å²) in [5, 5.41) is 17.8. The van der Waals surface area contributed by atoms with Crippen LogP contribution < -0.4 is 10.6 Å². The molecule has 0 radical (unpaired) electrons. The highest BCUT2D eigenvalue weighted by molar-refractivity contribution is 14.1. The first kappa shape index (κ1) is 107. The number of aryl methyl sites for hydroxylation is 2. The van der Waals surface area contributed by atoms with Gasteiger partial charge in [-0.25, -0.2) is 29.4 Å². The Morgan fingerprint density at radius 2 is 1.01 bits per heavy atom. The van der Waals surface area contributed by atoms with Crippen LogP contribution in [0.1, 0.15) is 113 Å². The molecule has 1 N–H and O–H groups in total. The molecule has 6 atom stereocenters. The molecule has 0 saturated carbocycles. The molecule has 2 saturated heterocycles. The number of hydrogen-bond acceptors (Lipinski definition) is 14. The standard InChI is InChI=1S/C17H17F3INO3.C17H16NOPS.C14H19NOS.C13H15NO3.C10H13F3O.C9H13F3INO.C4H3F3I2/c1-11(7-8-14(21)17(18,19)20)15(23)22-13(10-25-16(22)24)9-12-5-3-2-4-6-12;1-14-18-15(13-21-14)12-20(19,16-8-4-2-5-9-16)17-10-6-3-7-11-17;1-5-10(2)6-7-14(16)11(3)8-13-9-17-12(4)15-13;1-2-12(15)14-11(9-17-13(14)16)8-10-6-4-3-5-7-10;1-4-9(10(11,12)13)6-5-7(2)8(3)14;1-6(8(15)14(2)3)4-5-7(13)9(10,11)12;5-4(6,7)3(9)1-2-8/h2-6,8,11,13H,7,9-10H2,1H3;2-11,13H,12H2,1H3;5-6,8-9,14,16H,1,7H2,2-4H3;3-7,11H,2,8-9H2,1H3;4,6-7H,1,5H2,2-3H3;5-6H,4H2,1-3H3;1H,2H2/b14-8-;;10-6-,11-8+;;9-6+;7-5-;3-1-/t11-,13+;;14-;11-;7-;6-;/m0.0100./s1. The third kappa shape index (κ3) is 39.9. The zero-order valence-electron chi connectivity index (χ0n) is 66.6. The molecule has 34 heteroatoms. The maximum atomic E-state index is 13.8. The van der Waals surface area contributed by atoms with Crippen molar-refractivity contribution in [2.45, 2.75) is 156 Å². The van der Waals surface area contributed by atoms with Gasteiger partial charge in [0, 0.05) is 64.1 Å². The van der Waals surface area contributed by atoms with Gasteiger partial charge in [0.1, 0.15) is 26.1 Å². The van der Waals surface area contributed by atoms with Crippen LogP contribution in [0.15, 0.2) is 215 Å². The highest BCUT2D eigenvalue weighted by Gasteiger charge is 2.41. The quantitative estimate of drug-likeness (QED) is 0.0188. The minimum Gasteiger partial charge on any atom is -0.447 e. The van der Waals surface area contributed by atoms with Crippen LogP contribution >= 0.6 is 120 Å². The summed E-state index contributed by atoms with van der Waals surface area (Å²) in [5.74, 6) is -2.54. The van der Waals surface area contributed by atoms with Crippen LogP contribution in [0.25, 0.3) is 6.08 Å². The molecule has 2 aliphatic heterocycles. The number of benzene rings is 4. The second-order valence-electron chi connectivity index (χ2n) is 26.6. The van der Waals surface area contributed by atoms with Crippen LogP contribution in [0.3, 0.4) is 0 Å². The fourth-order valence-corrected chi connectivity index (χ4v) is 16.0. The molecule has 15 nitrogen and oxygen atoms in total. The number of alkyl halides is 13. The Morgan fingerprint density at radius 3 is 1.38 bits per heavy atom. The summed E-state index contributed by atoms with van der Waals surface area (Å²) in [4.78, 5) is 82.1. The number of rotatable bonds is 25. The molecule has 2 aliphatic rings. The van der Waals surface area contributed by atoms with Crippen molar-refractivity contribution in [3.05, 3.63) is 248 Å². The Hall–Kier alpha value is -6.65. The highest BCUT2D eigenvalue weighted by Crippen LogP contribution is 2.47. The Balaban J connectivity index is 0.000000475. The molecule has 2 aromatic heterocycles. The van der Waals surface area contributed by atoms with Crippen molar-refractivity contribution in [1.82, 2.24) is 24.7 Å². The van der Waals surface area contributed by atoms with Crippen LogP contribution in [0.2, 0.25) is 0 Å². The van der Waals surface area contributed by atoms with Crippen LogP contribution in [0, 0.1) is 31.6 Å². The Labute approximate surface area is 744 Å². The summed E-state index contributed by atoms with van der Waals surface area (Å²) in [6.07, 6.45) is -5.73. The maximum absolute atomic E-state index is 13.8. The number of allylic oxidation sites excluding steroid dienone is 11. The third-order valence-corrected chi connectivity index (χ3v) is 25.1. The second kappa shape index (κ2) is 53.3. The van der Waals surface area contributed by atoms with Crippen LogP contribution in [-0.2, 0) is 52.2 Å². The van der Waals surface area contributed by atoms with Crippen LogP contribution in [-0.4, -0.2) is 140 Å². The summed E-state index contributed by atoms with van der Waals surface area (Å²) < 4.78 is 167. The molecule has 0 spiro atoms. The molecule has 646 valence electrons. The average Bonchev–Trinajstić information content (AvgIpc) is 1.54. The number of aliphatic hydroxyl groups excluding tert-OH is 1. The third-order valence-electron chi connectivity index (χ3n) is 16.9. The van der Waals surface area contributed by atoms with Crippen LogP contribution in [0.4, 0.5) is 62.3 Å². The van der Waals surface area contributed by atoms with Gasteiger partial charge in [-0.1, -0.05) is 233 Å². The van der Waals surface area contributed by atoms with E-state index in [4.69, 9.17) is 9.47 Å². The number of cyclic esters (lactones) is 2. The van der Waals surface area contributed by atoms with Crippen LogP contribution in [0.5, 0.6) is 0 Å². The topological polar surface area (TPSA) is 194 Å². The molecule has 8 rings (SSSR count). The molecule has 0 aliphatic carbocycles. The number of thiazole rings is 2. The van der Waals surface area contributed by atoms with E-state index in [1.807, 2.05) is 195 Å². The minimum absolute atomic E-state index is 0.0854. The molecule has 118 heavy (non-hydrogen) atoms. The Bertz CT molecular complexity index is 4380. The number of Topliss-reactive ketones (excluding diaryl/α,β-unsaturated/α-hetero) is 1. The van der Waals surface area contributed by atoms with Gasteiger partial charge in [-0.15, -0.1) is 22.7 Å². The summed E-state index contributed by atoms with van der Waals surface area (Å²) in [6.45, 7) is 22.8. The van der Waals surface area contributed by atoms with Crippen molar-refractivity contribution >= 4 is 173 Å². The lowest BCUT2D eigenvalue weighted by Gasteiger charge is -2.22. The summed E-state index contributed by atoms with van der Waals surface area (Å²) in [5.41, 5.74) is 5.12. The van der Waals surface area contributed by atoms with E-state index < -0.39 is 90.2 Å². The van der Waals surface area contributed by atoms with Crippen molar-refractivity contribution < 1.29 is 101 Å². The fourth-order valence-electron chi connectivity index (χ4n) is 10.1. The molecule has 2 fully saturated rings. The van der Waals surface area contributed by atoms with Gasteiger partial charge in [0.2, 0.25) is 17.7 Å². The summed E-state index contributed by atoms with van der Waals surface area (Å²) in [6, 6.07) is 38.0. The van der Waals surface area contributed by atoms with Crippen molar-refractivity contribution in [1.29, 1.82) is 0 Å². The summed E-state index contributed by atoms with van der Waals surface area (Å²) >= 11 is 8.79. The molecule has 6 aromatic rings. The largest absolute Gasteiger partial charge is 0.447 e. The molecule has 4 heterocycles. The minimum atomic E-state index is -4.42. The number of carbonyl (C=O) groups excluding carboxylic acids is 6. The van der Waals surface area contributed by atoms with Gasteiger partial charge in [-0.05, 0) is 164 Å². The van der Waals surface area contributed by atoms with E-state index in [1.54, 1.807) is 63.6 Å². The first-order chi connectivity index (χ1) is 55.0. The fraction of sp³-hybridized carbons (Fsp3) is 0.381. The number of nitrogens with zero attached hydrogens (tertiary/aromatic N) is 5. The number of amides is 5. The number of imide groups is 2. The Morgan fingerprint density at radius 1 is 0.593 bits per heavy atom. The first-order valence-electron chi connectivity index (χ1n) is 36.3. The molecule has 4 aromatic carbocycles. The van der Waals surface area contributed by atoms with E-state index in [2.05, 4.69) is 23.1 Å². The highest BCUT2D eigenvalue weighted by atomic mass is 127. The van der Waals surface area contributed by atoms with Gasteiger partial charge in [-0.2, -0.15) is 52.7 Å². The zero-order valence-corrected chi connectivity index (χ0v) is 77.8.